The van der Waals surface area contributed by atoms with Crippen molar-refractivity contribution in [3.05, 3.63) is 0 Å². The summed E-state index contributed by atoms with van der Waals surface area (Å²) in [5.74, 6) is -0.230. The summed E-state index contributed by atoms with van der Waals surface area (Å²) >= 11 is 0. The lowest BCUT2D eigenvalue weighted by molar-refractivity contribution is -0.121. The molecule has 0 aromatic carbocycles. The third kappa shape index (κ3) is 3.81. The lowest BCUT2D eigenvalue weighted by Crippen LogP contribution is -2.44. The highest BCUT2D eigenvalue weighted by Gasteiger charge is 2.33. The van der Waals surface area contributed by atoms with Gasteiger partial charge in [-0.25, -0.2) is 4.79 Å². The van der Waals surface area contributed by atoms with Crippen LogP contribution in [-0.4, -0.2) is 36.7 Å². The van der Waals surface area contributed by atoms with Gasteiger partial charge in [0.1, 0.15) is 11.4 Å². The molecule has 0 aliphatic carbocycles. The van der Waals surface area contributed by atoms with E-state index in [0.717, 1.165) is 0 Å². The molecule has 1 aliphatic heterocycles. The summed E-state index contributed by atoms with van der Waals surface area (Å²) in [6, 6.07) is -0.271. The summed E-state index contributed by atoms with van der Waals surface area (Å²) in [5.41, 5.74) is -0.532. The van der Waals surface area contributed by atoms with Gasteiger partial charge in [0, 0.05) is 0 Å². The van der Waals surface area contributed by atoms with E-state index in [0.29, 0.717) is 13.2 Å². The first-order chi connectivity index (χ1) is 7.29. The zero-order chi connectivity index (χ0) is 12.3. The summed E-state index contributed by atoms with van der Waals surface area (Å²) in [6.07, 6.45) is -0.505. The average molecular weight is 229 g/mol. The normalized spacial score (nSPS) is 25.2. The van der Waals surface area contributed by atoms with E-state index in [-0.39, 0.29) is 17.7 Å². The molecule has 1 rings (SSSR count). The molecule has 1 saturated heterocycles. The molecule has 16 heavy (non-hydrogen) atoms. The first-order valence-electron chi connectivity index (χ1n) is 5.37. The van der Waals surface area contributed by atoms with Crippen LogP contribution in [-0.2, 0) is 14.3 Å². The molecule has 0 aromatic rings. The van der Waals surface area contributed by atoms with Gasteiger partial charge < -0.3 is 14.8 Å². The van der Waals surface area contributed by atoms with E-state index < -0.39 is 11.7 Å². The second-order valence-corrected chi connectivity index (χ2v) is 5.01. The van der Waals surface area contributed by atoms with Crippen LogP contribution in [0.5, 0.6) is 0 Å². The van der Waals surface area contributed by atoms with Gasteiger partial charge in [0.25, 0.3) is 0 Å². The predicted molar refractivity (Wildman–Crippen MR) is 58.1 cm³/mol. The molecule has 0 aromatic heterocycles. The number of alkyl carbamates (subject to hydrolysis) is 1. The fourth-order valence-corrected chi connectivity index (χ4v) is 1.56. The number of hydrogen-bond donors (Lipinski definition) is 1. The van der Waals surface area contributed by atoms with Crippen molar-refractivity contribution in [2.75, 3.05) is 13.2 Å². The first-order valence-corrected chi connectivity index (χ1v) is 5.37. The van der Waals surface area contributed by atoms with Crippen LogP contribution in [0.4, 0.5) is 4.79 Å². The minimum absolute atomic E-state index is 0.0264. The molecule has 5 nitrogen and oxygen atoms in total. The van der Waals surface area contributed by atoms with Gasteiger partial charge in [0.15, 0.2) is 0 Å². The Kier molecular flexibility index (Phi) is 3.91. The molecule has 1 fully saturated rings. The van der Waals surface area contributed by atoms with Crippen molar-refractivity contribution in [3.8, 4) is 0 Å². The molecule has 1 N–H and O–H groups in total. The largest absolute Gasteiger partial charge is 0.444 e. The number of carbonyl (C=O) groups is 2. The van der Waals surface area contributed by atoms with E-state index in [4.69, 9.17) is 9.47 Å². The zero-order valence-corrected chi connectivity index (χ0v) is 10.2. The smallest absolute Gasteiger partial charge is 0.407 e. The minimum atomic E-state index is -0.532. The molecule has 2 unspecified atom stereocenters. The Labute approximate surface area is 95.5 Å². The molecule has 92 valence electrons. The Balaban J connectivity index is 2.47. The van der Waals surface area contributed by atoms with Gasteiger partial charge in [0.05, 0.1) is 25.2 Å². The van der Waals surface area contributed by atoms with E-state index >= 15 is 0 Å². The average Bonchev–Trinajstić information content (AvgIpc) is 2.47. The fraction of sp³-hybridized carbons (Fsp3) is 0.818. The van der Waals surface area contributed by atoms with Gasteiger partial charge in [-0.3, -0.25) is 4.79 Å². The number of hydrogen-bond acceptors (Lipinski definition) is 4. The molecule has 2 atom stereocenters. The Morgan fingerprint density at radius 3 is 2.44 bits per heavy atom. The van der Waals surface area contributed by atoms with Crippen molar-refractivity contribution in [2.24, 2.45) is 5.92 Å². The Bertz CT molecular complexity index is 282. The predicted octanol–water partition coefficient (Wildman–Crippen LogP) is 1.12. The van der Waals surface area contributed by atoms with Gasteiger partial charge in [-0.2, -0.15) is 0 Å². The fourth-order valence-electron chi connectivity index (χ4n) is 1.56. The second-order valence-electron chi connectivity index (χ2n) is 5.01. The quantitative estimate of drug-likeness (QED) is 0.770. The van der Waals surface area contributed by atoms with E-state index in [1.165, 1.54) is 6.92 Å². The van der Waals surface area contributed by atoms with Crippen LogP contribution in [0.15, 0.2) is 0 Å². The Hall–Kier alpha value is -1.10. The first kappa shape index (κ1) is 13.0. The number of rotatable bonds is 2. The highest BCUT2D eigenvalue weighted by Crippen LogP contribution is 2.15. The van der Waals surface area contributed by atoms with E-state index in [2.05, 4.69) is 5.32 Å². The van der Waals surface area contributed by atoms with E-state index in [1.54, 1.807) is 20.8 Å². The van der Waals surface area contributed by atoms with Gasteiger partial charge in [-0.15, -0.1) is 0 Å². The Morgan fingerprint density at radius 2 is 1.94 bits per heavy atom. The van der Waals surface area contributed by atoms with Crippen molar-refractivity contribution in [2.45, 2.75) is 39.3 Å². The summed E-state index contributed by atoms with van der Waals surface area (Å²) in [4.78, 5) is 22.7. The van der Waals surface area contributed by atoms with Crippen molar-refractivity contribution in [1.82, 2.24) is 5.32 Å². The van der Waals surface area contributed by atoms with Crippen LogP contribution in [0.2, 0.25) is 0 Å². The van der Waals surface area contributed by atoms with Gasteiger partial charge >= 0.3 is 6.09 Å². The van der Waals surface area contributed by atoms with Crippen molar-refractivity contribution < 1.29 is 19.1 Å². The molecule has 1 heterocycles. The minimum Gasteiger partial charge on any atom is -0.444 e. The topological polar surface area (TPSA) is 64.6 Å². The number of ketones is 1. The lowest BCUT2D eigenvalue weighted by atomic mass is 10.00. The Morgan fingerprint density at radius 1 is 1.31 bits per heavy atom. The monoisotopic (exact) mass is 229 g/mol. The summed E-state index contributed by atoms with van der Waals surface area (Å²) < 4.78 is 10.3. The van der Waals surface area contributed by atoms with Crippen LogP contribution >= 0.6 is 0 Å². The molecular weight excluding hydrogens is 210 g/mol. The number of Topliss-reactive ketones (excluding diaryl/α,β-unsaturated/α-hetero) is 1. The van der Waals surface area contributed by atoms with Crippen LogP contribution in [0.25, 0.3) is 0 Å². The third-order valence-corrected chi connectivity index (χ3v) is 2.30. The number of nitrogens with one attached hydrogen (secondary N) is 1. The number of carbonyl (C=O) groups excluding carboxylic acids is 2. The van der Waals surface area contributed by atoms with Gasteiger partial charge in [0.2, 0.25) is 0 Å². The van der Waals surface area contributed by atoms with Crippen molar-refractivity contribution >= 4 is 11.9 Å². The molecule has 0 saturated carbocycles. The maximum absolute atomic E-state index is 11.5. The van der Waals surface area contributed by atoms with Crippen LogP contribution < -0.4 is 5.32 Å². The SMILES string of the molecule is CC(=O)C1COCC1NC(=O)OC(C)(C)C. The lowest BCUT2D eigenvalue weighted by Gasteiger charge is -2.22. The van der Waals surface area contributed by atoms with Gasteiger partial charge in [-0.05, 0) is 27.7 Å². The number of amides is 1. The molecule has 0 spiro atoms. The zero-order valence-electron chi connectivity index (χ0n) is 10.2. The molecular formula is C11H19NO4. The summed E-state index contributed by atoms with van der Waals surface area (Å²) in [5, 5.41) is 2.66. The summed E-state index contributed by atoms with van der Waals surface area (Å²) in [7, 11) is 0. The maximum Gasteiger partial charge on any atom is 0.407 e. The summed E-state index contributed by atoms with van der Waals surface area (Å²) in [6.45, 7) is 7.61. The molecule has 0 bridgehead atoms. The molecule has 1 amide bonds. The molecule has 1 aliphatic rings. The second kappa shape index (κ2) is 4.82. The van der Waals surface area contributed by atoms with Gasteiger partial charge in [-0.1, -0.05) is 0 Å². The highest BCUT2D eigenvalue weighted by atomic mass is 16.6. The van der Waals surface area contributed by atoms with Crippen LogP contribution in [0.3, 0.4) is 0 Å². The standard InChI is InChI=1S/C11H19NO4/c1-7(13)8-5-15-6-9(8)12-10(14)16-11(2,3)4/h8-9H,5-6H2,1-4H3,(H,12,14). The van der Waals surface area contributed by atoms with E-state index in [1.807, 2.05) is 0 Å². The number of ether oxygens (including phenoxy) is 2. The van der Waals surface area contributed by atoms with Crippen LogP contribution in [0, 0.1) is 5.92 Å². The van der Waals surface area contributed by atoms with Crippen molar-refractivity contribution in [3.63, 3.8) is 0 Å². The highest BCUT2D eigenvalue weighted by molar-refractivity contribution is 5.80. The van der Waals surface area contributed by atoms with E-state index in [9.17, 15) is 9.59 Å². The third-order valence-electron chi connectivity index (χ3n) is 2.30. The maximum atomic E-state index is 11.5. The van der Waals surface area contributed by atoms with Crippen molar-refractivity contribution in [1.29, 1.82) is 0 Å². The molecule has 5 heteroatoms. The molecule has 0 radical (unpaired) electrons. The van der Waals surface area contributed by atoms with Crippen LogP contribution in [0.1, 0.15) is 27.7 Å².